The normalized spacial score (nSPS) is 11.6. The van der Waals surface area contributed by atoms with Crippen molar-refractivity contribution in [2.24, 2.45) is 7.05 Å². The Morgan fingerprint density at radius 1 is 0.612 bits per heavy atom. The lowest BCUT2D eigenvalue weighted by atomic mass is 9.88. The average Bonchev–Trinajstić information content (AvgIpc) is 3.51. The standard InChI is InChI=1S/C45H43N3O/c1-29(2)35-21-36(30(3)4)23-37(22-35)38-24-39(44(49)42(25-38)43-28-48(5)45(47-43)31-13-7-6-8-14-31)19-32-15-9-10-16-33(32)20-40-27-46-26-34-17-11-12-18-41(34)40/h6-18,21-30,49H,19-20H2,1-5H3. The lowest BCUT2D eigenvalue weighted by Crippen LogP contribution is -2.00. The van der Waals surface area contributed by atoms with E-state index in [-0.39, 0.29) is 5.75 Å². The Labute approximate surface area is 289 Å². The zero-order valence-corrected chi connectivity index (χ0v) is 29.0. The fourth-order valence-corrected chi connectivity index (χ4v) is 6.79. The van der Waals surface area contributed by atoms with E-state index in [1.54, 1.807) is 0 Å². The Bertz CT molecular complexity index is 2230. The maximum absolute atomic E-state index is 12.1. The van der Waals surface area contributed by atoms with Crippen LogP contribution in [0.15, 0.2) is 128 Å². The molecule has 0 radical (unpaired) electrons. The van der Waals surface area contributed by atoms with Crippen molar-refractivity contribution in [3.63, 3.8) is 0 Å². The minimum atomic E-state index is 0.271. The van der Waals surface area contributed by atoms with E-state index >= 15 is 0 Å². The van der Waals surface area contributed by atoms with Crippen LogP contribution in [-0.4, -0.2) is 19.6 Å². The number of phenols is 1. The molecule has 0 aliphatic rings. The highest BCUT2D eigenvalue weighted by atomic mass is 16.3. The minimum Gasteiger partial charge on any atom is -0.507 e. The summed E-state index contributed by atoms with van der Waals surface area (Å²) in [6, 6.07) is 38.5. The molecule has 1 N–H and O–H groups in total. The van der Waals surface area contributed by atoms with Gasteiger partial charge in [0.05, 0.1) is 5.69 Å². The number of hydrogen-bond acceptors (Lipinski definition) is 3. The Kier molecular flexibility index (Phi) is 8.88. The summed E-state index contributed by atoms with van der Waals surface area (Å²) in [5.41, 5.74) is 11.9. The van der Waals surface area contributed by atoms with Gasteiger partial charge >= 0.3 is 0 Å². The zero-order valence-electron chi connectivity index (χ0n) is 29.0. The first-order chi connectivity index (χ1) is 23.7. The van der Waals surface area contributed by atoms with Gasteiger partial charge in [0.2, 0.25) is 0 Å². The molecule has 5 aromatic carbocycles. The minimum absolute atomic E-state index is 0.271. The van der Waals surface area contributed by atoms with E-state index in [1.807, 2.05) is 48.4 Å². The van der Waals surface area contributed by atoms with Crippen LogP contribution in [0.1, 0.15) is 72.9 Å². The van der Waals surface area contributed by atoms with Crippen LogP contribution >= 0.6 is 0 Å². The van der Waals surface area contributed by atoms with Crippen LogP contribution < -0.4 is 0 Å². The first-order valence-electron chi connectivity index (χ1n) is 17.2. The molecule has 0 saturated heterocycles. The number of phenolic OH excluding ortho intramolecular Hbond substituents is 1. The summed E-state index contributed by atoms with van der Waals surface area (Å²) in [7, 11) is 2.01. The maximum Gasteiger partial charge on any atom is 0.140 e. The van der Waals surface area contributed by atoms with Crippen molar-refractivity contribution in [2.45, 2.75) is 52.4 Å². The van der Waals surface area contributed by atoms with E-state index in [2.05, 4.69) is 124 Å². The van der Waals surface area contributed by atoms with E-state index in [0.717, 1.165) is 51.1 Å². The molecule has 0 spiro atoms. The molecule has 4 nitrogen and oxygen atoms in total. The smallest absolute Gasteiger partial charge is 0.140 e. The summed E-state index contributed by atoms with van der Waals surface area (Å²) in [5.74, 6) is 1.92. The number of imidazole rings is 1. The summed E-state index contributed by atoms with van der Waals surface area (Å²) < 4.78 is 2.04. The molecule has 2 aromatic heterocycles. The van der Waals surface area contributed by atoms with E-state index in [0.29, 0.717) is 18.3 Å². The van der Waals surface area contributed by atoms with Crippen molar-refractivity contribution in [3.05, 3.63) is 161 Å². The third-order valence-corrected chi connectivity index (χ3v) is 9.65. The molecular formula is C45H43N3O. The van der Waals surface area contributed by atoms with E-state index in [1.165, 1.54) is 33.2 Å². The fraction of sp³-hybridized carbons (Fsp3) is 0.200. The Hall–Kier alpha value is -5.48. The molecule has 4 heteroatoms. The Morgan fingerprint density at radius 2 is 1.22 bits per heavy atom. The Morgan fingerprint density at radius 3 is 1.92 bits per heavy atom. The van der Waals surface area contributed by atoms with Crippen LogP contribution in [0.5, 0.6) is 5.75 Å². The summed E-state index contributed by atoms with van der Waals surface area (Å²) in [6.45, 7) is 8.99. The average molecular weight is 642 g/mol. The van der Waals surface area contributed by atoms with Crippen LogP contribution in [0, 0.1) is 0 Å². The summed E-state index contributed by atoms with van der Waals surface area (Å²) >= 11 is 0. The molecule has 0 unspecified atom stereocenters. The number of aromatic nitrogens is 3. The number of rotatable bonds is 9. The van der Waals surface area contributed by atoms with Gasteiger partial charge in [0.25, 0.3) is 0 Å². The van der Waals surface area contributed by atoms with Gasteiger partial charge in [0.15, 0.2) is 0 Å². The Balaban J connectivity index is 1.37. The molecule has 0 atom stereocenters. The van der Waals surface area contributed by atoms with Crippen LogP contribution in [0.25, 0.3) is 44.5 Å². The molecule has 0 fully saturated rings. The summed E-state index contributed by atoms with van der Waals surface area (Å²) in [4.78, 5) is 9.63. The number of benzene rings is 5. The predicted molar refractivity (Wildman–Crippen MR) is 203 cm³/mol. The molecule has 0 saturated carbocycles. The predicted octanol–water partition coefficient (Wildman–Crippen LogP) is 11.1. The van der Waals surface area contributed by atoms with Crippen molar-refractivity contribution in [2.75, 3.05) is 0 Å². The van der Waals surface area contributed by atoms with Gasteiger partial charge in [0.1, 0.15) is 11.6 Å². The first kappa shape index (κ1) is 32.1. The van der Waals surface area contributed by atoms with Gasteiger partial charge in [-0.25, -0.2) is 4.98 Å². The highest BCUT2D eigenvalue weighted by Gasteiger charge is 2.20. The zero-order chi connectivity index (χ0) is 34.1. The number of pyridine rings is 1. The molecule has 7 rings (SSSR count). The van der Waals surface area contributed by atoms with Gasteiger partial charge in [-0.2, -0.15) is 0 Å². The molecule has 244 valence electrons. The first-order valence-corrected chi connectivity index (χ1v) is 17.2. The molecule has 0 aliphatic heterocycles. The topological polar surface area (TPSA) is 50.9 Å². The number of nitrogens with zero attached hydrogens (tertiary/aromatic N) is 3. The third-order valence-electron chi connectivity index (χ3n) is 9.65. The highest BCUT2D eigenvalue weighted by Crippen LogP contribution is 2.40. The van der Waals surface area contributed by atoms with Gasteiger partial charge in [-0.1, -0.05) is 125 Å². The lowest BCUT2D eigenvalue weighted by Gasteiger charge is -2.18. The summed E-state index contributed by atoms with van der Waals surface area (Å²) in [5, 5.41) is 14.5. The van der Waals surface area contributed by atoms with Crippen molar-refractivity contribution in [1.29, 1.82) is 0 Å². The van der Waals surface area contributed by atoms with E-state index < -0.39 is 0 Å². The second-order valence-corrected chi connectivity index (χ2v) is 13.8. The van der Waals surface area contributed by atoms with Gasteiger partial charge in [-0.15, -0.1) is 0 Å². The monoisotopic (exact) mass is 641 g/mol. The molecular weight excluding hydrogens is 599 g/mol. The van der Waals surface area contributed by atoms with Gasteiger partial charge in [-0.05, 0) is 80.3 Å². The molecule has 49 heavy (non-hydrogen) atoms. The quantitative estimate of drug-likeness (QED) is 0.171. The number of aromatic hydroxyl groups is 1. The van der Waals surface area contributed by atoms with Crippen molar-refractivity contribution in [3.8, 4) is 39.5 Å². The van der Waals surface area contributed by atoms with Crippen molar-refractivity contribution < 1.29 is 5.11 Å². The van der Waals surface area contributed by atoms with Crippen LogP contribution in [0.3, 0.4) is 0 Å². The SMILES string of the molecule is CC(C)c1cc(-c2cc(Cc3ccccc3Cc3cncc4ccccc34)c(O)c(-c3cn(C)c(-c4ccccc4)n3)c2)cc(C(C)C)c1. The van der Waals surface area contributed by atoms with Crippen molar-refractivity contribution >= 4 is 10.8 Å². The second-order valence-electron chi connectivity index (χ2n) is 13.8. The van der Waals surface area contributed by atoms with Crippen LogP contribution in [0.2, 0.25) is 0 Å². The molecule has 0 aliphatic carbocycles. The van der Waals surface area contributed by atoms with Crippen molar-refractivity contribution in [1.82, 2.24) is 14.5 Å². The van der Waals surface area contributed by atoms with Gasteiger partial charge in [-0.3, -0.25) is 4.98 Å². The largest absolute Gasteiger partial charge is 0.507 e. The molecule has 0 amide bonds. The molecule has 2 heterocycles. The maximum atomic E-state index is 12.1. The highest BCUT2D eigenvalue weighted by molar-refractivity contribution is 5.85. The third kappa shape index (κ3) is 6.64. The summed E-state index contributed by atoms with van der Waals surface area (Å²) in [6.07, 6.45) is 7.27. The van der Waals surface area contributed by atoms with E-state index in [9.17, 15) is 5.11 Å². The molecule has 0 bridgehead atoms. The fourth-order valence-electron chi connectivity index (χ4n) is 6.79. The molecule has 7 aromatic rings. The van der Waals surface area contributed by atoms with Crippen LogP contribution in [0.4, 0.5) is 0 Å². The van der Waals surface area contributed by atoms with E-state index in [4.69, 9.17) is 4.98 Å². The van der Waals surface area contributed by atoms with Gasteiger partial charge < -0.3 is 9.67 Å². The lowest BCUT2D eigenvalue weighted by molar-refractivity contribution is 0.471. The number of fused-ring (bicyclic) bond motifs is 1. The van der Waals surface area contributed by atoms with Crippen LogP contribution in [-0.2, 0) is 19.9 Å². The second kappa shape index (κ2) is 13.6. The number of hydrogen-bond donors (Lipinski definition) is 1. The number of aryl methyl sites for hydroxylation is 1. The van der Waals surface area contributed by atoms with Gasteiger partial charge in [0, 0.05) is 48.6 Å².